The van der Waals surface area contributed by atoms with Gasteiger partial charge in [0.15, 0.2) is 0 Å². The molecule has 1 saturated carbocycles. The maximum atomic E-state index is 13.1. The average Bonchev–Trinajstić information content (AvgIpc) is 2.85. The first-order valence-corrected chi connectivity index (χ1v) is 8.75. The highest BCUT2D eigenvalue weighted by molar-refractivity contribution is 5.84. The van der Waals surface area contributed by atoms with Gasteiger partial charge in [-0.05, 0) is 57.6 Å². The Labute approximate surface area is 145 Å². The number of halogens is 2. The minimum absolute atomic E-state index is 0.0505. The van der Waals surface area contributed by atoms with Crippen molar-refractivity contribution in [3.05, 3.63) is 28.2 Å². The van der Waals surface area contributed by atoms with Crippen LogP contribution in [-0.2, 0) is 16.7 Å². The summed E-state index contributed by atoms with van der Waals surface area (Å²) in [6, 6.07) is 3.44. The summed E-state index contributed by atoms with van der Waals surface area (Å²) in [6.07, 6.45) is 1.35. The van der Waals surface area contributed by atoms with Crippen LogP contribution < -0.4 is 10.9 Å². The fourth-order valence-corrected chi connectivity index (χ4v) is 3.68. The molecule has 0 bridgehead atoms. The normalized spacial score (nSPS) is 21.6. The van der Waals surface area contributed by atoms with E-state index < -0.39 is 12.0 Å². The van der Waals surface area contributed by atoms with Crippen molar-refractivity contribution in [2.24, 2.45) is 5.92 Å². The predicted octanol–water partition coefficient (Wildman–Crippen LogP) is 3.90. The fraction of sp³-hybridized carbons (Fsp3) is 0.667. The molecule has 0 saturated heterocycles. The standard InChI is InChI=1S/C18H24F2N2O3/c1-17(2)8-7-13-3-4-14(15(23)22(13)17)21-16(24)25-11-12-5-9-18(19,20)10-6-12/h3-4,12H,5-11H2,1-2H3,(H,21,24). The molecular formula is C18H24F2N2O3. The summed E-state index contributed by atoms with van der Waals surface area (Å²) in [7, 11) is 0. The van der Waals surface area contributed by atoms with Crippen LogP contribution in [-0.4, -0.2) is 23.2 Å². The number of aryl methyl sites for hydroxylation is 1. The first-order chi connectivity index (χ1) is 11.7. The Morgan fingerprint density at radius 1 is 1.28 bits per heavy atom. The van der Waals surface area contributed by atoms with E-state index in [4.69, 9.17) is 4.74 Å². The summed E-state index contributed by atoms with van der Waals surface area (Å²) in [4.78, 5) is 24.6. The van der Waals surface area contributed by atoms with E-state index in [2.05, 4.69) is 5.32 Å². The number of fused-ring (bicyclic) bond motifs is 1. The summed E-state index contributed by atoms with van der Waals surface area (Å²) in [6.45, 7) is 4.08. The highest BCUT2D eigenvalue weighted by Gasteiger charge is 2.35. The van der Waals surface area contributed by atoms with E-state index in [9.17, 15) is 18.4 Å². The number of aromatic nitrogens is 1. The van der Waals surface area contributed by atoms with Crippen LogP contribution in [0, 0.1) is 5.92 Å². The van der Waals surface area contributed by atoms with Gasteiger partial charge in [0.05, 0.1) is 6.61 Å². The third-order valence-electron chi connectivity index (χ3n) is 5.28. The molecule has 1 fully saturated rings. The third kappa shape index (κ3) is 3.85. The number of nitrogens with zero attached hydrogens (tertiary/aromatic N) is 1. The van der Waals surface area contributed by atoms with Crippen molar-refractivity contribution in [3.8, 4) is 0 Å². The van der Waals surface area contributed by atoms with Gasteiger partial charge in [-0.25, -0.2) is 13.6 Å². The Morgan fingerprint density at radius 2 is 1.96 bits per heavy atom. The van der Waals surface area contributed by atoms with E-state index in [0.29, 0.717) is 12.8 Å². The van der Waals surface area contributed by atoms with Crippen LogP contribution in [0.3, 0.4) is 0 Å². The van der Waals surface area contributed by atoms with Gasteiger partial charge in [-0.15, -0.1) is 0 Å². The zero-order valence-electron chi connectivity index (χ0n) is 14.6. The molecule has 138 valence electrons. The number of amides is 1. The van der Waals surface area contributed by atoms with Crippen molar-refractivity contribution >= 4 is 11.8 Å². The zero-order valence-corrected chi connectivity index (χ0v) is 14.6. The summed E-state index contributed by atoms with van der Waals surface area (Å²) >= 11 is 0. The summed E-state index contributed by atoms with van der Waals surface area (Å²) in [5.74, 6) is -2.64. The van der Waals surface area contributed by atoms with Gasteiger partial charge in [0.25, 0.3) is 5.56 Å². The van der Waals surface area contributed by atoms with Crippen molar-refractivity contribution in [2.75, 3.05) is 11.9 Å². The van der Waals surface area contributed by atoms with Crippen LogP contribution in [0.2, 0.25) is 0 Å². The molecule has 1 aromatic heterocycles. The lowest BCUT2D eigenvalue weighted by Crippen LogP contribution is -2.35. The number of carbonyl (C=O) groups excluding carboxylic acids is 1. The van der Waals surface area contributed by atoms with E-state index in [1.807, 2.05) is 19.9 Å². The van der Waals surface area contributed by atoms with Gasteiger partial charge in [0.2, 0.25) is 5.92 Å². The molecule has 0 unspecified atom stereocenters. The molecule has 1 aromatic rings. The molecule has 25 heavy (non-hydrogen) atoms. The van der Waals surface area contributed by atoms with Gasteiger partial charge in [-0.3, -0.25) is 10.1 Å². The number of alkyl halides is 2. The molecular weight excluding hydrogens is 330 g/mol. The second-order valence-corrected chi connectivity index (χ2v) is 7.71. The fourth-order valence-electron chi connectivity index (χ4n) is 3.68. The number of carbonyl (C=O) groups is 1. The number of anilines is 1. The van der Waals surface area contributed by atoms with E-state index in [-0.39, 0.29) is 42.2 Å². The number of nitrogens with one attached hydrogen (secondary N) is 1. The number of rotatable bonds is 3. The van der Waals surface area contributed by atoms with E-state index >= 15 is 0 Å². The van der Waals surface area contributed by atoms with Crippen molar-refractivity contribution < 1.29 is 18.3 Å². The largest absolute Gasteiger partial charge is 0.449 e. The van der Waals surface area contributed by atoms with Crippen LogP contribution in [0.5, 0.6) is 0 Å². The Hall–Kier alpha value is -1.92. The van der Waals surface area contributed by atoms with E-state index in [1.54, 1.807) is 10.6 Å². The Bertz CT molecular complexity index is 718. The van der Waals surface area contributed by atoms with Crippen LogP contribution >= 0.6 is 0 Å². The van der Waals surface area contributed by atoms with Crippen molar-refractivity contribution in [1.29, 1.82) is 0 Å². The Morgan fingerprint density at radius 3 is 2.64 bits per heavy atom. The van der Waals surface area contributed by atoms with Gasteiger partial charge < -0.3 is 9.30 Å². The predicted molar refractivity (Wildman–Crippen MR) is 90.2 cm³/mol. The first kappa shape index (κ1) is 17.9. The summed E-state index contributed by atoms with van der Waals surface area (Å²) in [5, 5.41) is 2.49. The number of ether oxygens (including phenoxy) is 1. The smallest absolute Gasteiger partial charge is 0.411 e. The lowest BCUT2D eigenvalue weighted by Gasteiger charge is -2.27. The third-order valence-corrected chi connectivity index (χ3v) is 5.28. The molecule has 2 aliphatic rings. The summed E-state index contributed by atoms with van der Waals surface area (Å²) in [5.41, 5.74) is 0.617. The van der Waals surface area contributed by atoms with E-state index in [1.165, 1.54) is 0 Å². The number of hydrogen-bond acceptors (Lipinski definition) is 3. The van der Waals surface area contributed by atoms with Crippen molar-refractivity contribution in [1.82, 2.24) is 4.57 Å². The van der Waals surface area contributed by atoms with Gasteiger partial charge >= 0.3 is 6.09 Å². The molecule has 1 N–H and O–H groups in total. The SMILES string of the molecule is CC1(C)CCc2ccc(NC(=O)OCC3CCC(F)(F)CC3)c(=O)n21. The van der Waals surface area contributed by atoms with Gasteiger partial charge in [-0.1, -0.05) is 0 Å². The molecule has 3 rings (SSSR count). The molecule has 0 radical (unpaired) electrons. The highest BCUT2D eigenvalue weighted by Crippen LogP contribution is 2.36. The topological polar surface area (TPSA) is 60.3 Å². The molecule has 0 spiro atoms. The lowest BCUT2D eigenvalue weighted by atomic mass is 9.87. The van der Waals surface area contributed by atoms with Gasteiger partial charge in [0.1, 0.15) is 5.69 Å². The maximum absolute atomic E-state index is 13.1. The van der Waals surface area contributed by atoms with Gasteiger partial charge in [-0.2, -0.15) is 0 Å². The first-order valence-electron chi connectivity index (χ1n) is 8.75. The van der Waals surface area contributed by atoms with Crippen LogP contribution in [0.1, 0.15) is 51.6 Å². The zero-order chi connectivity index (χ0) is 18.2. The Balaban J connectivity index is 1.58. The monoisotopic (exact) mass is 354 g/mol. The molecule has 1 amide bonds. The summed E-state index contributed by atoms with van der Waals surface area (Å²) < 4.78 is 33.1. The van der Waals surface area contributed by atoms with Crippen molar-refractivity contribution in [2.45, 2.75) is 63.8 Å². The van der Waals surface area contributed by atoms with Gasteiger partial charge in [0, 0.05) is 24.1 Å². The van der Waals surface area contributed by atoms with Crippen LogP contribution in [0.25, 0.3) is 0 Å². The molecule has 5 nitrogen and oxygen atoms in total. The number of hydrogen-bond donors (Lipinski definition) is 1. The quantitative estimate of drug-likeness (QED) is 0.895. The molecule has 0 atom stereocenters. The maximum Gasteiger partial charge on any atom is 0.411 e. The molecule has 1 aliphatic heterocycles. The highest BCUT2D eigenvalue weighted by atomic mass is 19.3. The minimum Gasteiger partial charge on any atom is -0.449 e. The Kier molecular flexibility index (Phi) is 4.60. The lowest BCUT2D eigenvalue weighted by molar-refractivity contribution is -0.0512. The molecule has 0 aromatic carbocycles. The van der Waals surface area contributed by atoms with Crippen LogP contribution in [0.15, 0.2) is 16.9 Å². The molecule has 1 aliphatic carbocycles. The van der Waals surface area contributed by atoms with Crippen LogP contribution in [0.4, 0.5) is 19.3 Å². The van der Waals surface area contributed by atoms with E-state index in [0.717, 1.165) is 18.5 Å². The average molecular weight is 354 g/mol. The second-order valence-electron chi connectivity index (χ2n) is 7.71. The number of pyridine rings is 1. The minimum atomic E-state index is -2.59. The van der Waals surface area contributed by atoms with Crippen molar-refractivity contribution in [3.63, 3.8) is 0 Å². The molecule has 7 heteroatoms. The second kappa shape index (κ2) is 6.42. The molecule has 2 heterocycles.